The zero-order chi connectivity index (χ0) is 13.9. The molecule has 0 amide bonds. The number of benzene rings is 1. The second-order valence-electron chi connectivity index (χ2n) is 4.23. The molecule has 104 valence electrons. The number of halogens is 1. The van der Waals surface area contributed by atoms with Crippen molar-refractivity contribution in [2.45, 2.75) is 23.8 Å². The SMILES string of the molecule is O=C(CCc1ccc(S(=O)(=O)Cl)cc1)OC1COC1. The molecule has 1 aliphatic rings. The number of carbonyl (C=O) groups excluding carboxylic acids is 1. The smallest absolute Gasteiger partial charge is 0.306 e. The number of rotatable bonds is 5. The average molecular weight is 305 g/mol. The Labute approximate surface area is 115 Å². The van der Waals surface area contributed by atoms with Gasteiger partial charge in [-0.3, -0.25) is 4.79 Å². The van der Waals surface area contributed by atoms with Gasteiger partial charge in [0.15, 0.2) is 0 Å². The first-order chi connectivity index (χ1) is 8.95. The Morgan fingerprint density at radius 3 is 2.42 bits per heavy atom. The molecule has 1 saturated heterocycles. The minimum atomic E-state index is -3.70. The molecule has 1 fully saturated rings. The van der Waals surface area contributed by atoms with Crippen molar-refractivity contribution in [1.82, 2.24) is 0 Å². The van der Waals surface area contributed by atoms with Crippen LogP contribution in [-0.2, 0) is 29.7 Å². The van der Waals surface area contributed by atoms with Crippen LogP contribution in [0.2, 0.25) is 0 Å². The van der Waals surface area contributed by atoms with Gasteiger partial charge in [0.05, 0.1) is 18.1 Å². The van der Waals surface area contributed by atoms with Crippen molar-refractivity contribution < 1.29 is 22.7 Å². The summed E-state index contributed by atoms with van der Waals surface area (Å²) in [4.78, 5) is 11.5. The first-order valence-corrected chi connectivity index (χ1v) is 8.07. The normalized spacial score (nSPS) is 15.8. The number of carbonyl (C=O) groups is 1. The molecule has 1 aromatic carbocycles. The van der Waals surface area contributed by atoms with Crippen LogP contribution in [0.1, 0.15) is 12.0 Å². The average Bonchev–Trinajstić information content (AvgIpc) is 2.31. The summed E-state index contributed by atoms with van der Waals surface area (Å²) in [7, 11) is 1.51. The van der Waals surface area contributed by atoms with Crippen LogP contribution in [0.4, 0.5) is 0 Å². The van der Waals surface area contributed by atoms with Crippen LogP contribution in [0.25, 0.3) is 0 Å². The van der Waals surface area contributed by atoms with Gasteiger partial charge in [-0.25, -0.2) is 8.42 Å². The lowest BCUT2D eigenvalue weighted by atomic mass is 10.1. The molecule has 0 radical (unpaired) electrons. The van der Waals surface area contributed by atoms with Gasteiger partial charge < -0.3 is 9.47 Å². The van der Waals surface area contributed by atoms with Gasteiger partial charge in [0.1, 0.15) is 6.10 Å². The lowest BCUT2D eigenvalue weighted by Crippen LogP contribution is -2.37. The Kier molecular flexibility index (Phi) is 4.44. The van der Waals surface area contributed by atoms with Crippen molar-refractivity contribution in [2.24, 2.45) is 0 Å². The van der Waals surface area contributed by atoms with E-state index in [-0.39, 0.29) is 23.4 Å². The molecule has 0 aliphatic carbocycles. The summed E-state index contributed by atoms with van der Waals surface area (Å²) in [6, 6.07) is 6.11. The third-order valence-electron chi connectivity index (χ3n) is 2.73. The summed E-state index contributed by atoms with van der Waals surface area (Å²) >= 11 is 0. The Morgan fingerprint density at radius 1 is 1.32 bits per heavy atom. The van der Waals surface area contributed by atoms with E-state index in [1.54, 1.807) is 12.1 Å². The van der Waals surface area contributed by atoms with Gasteiger partial charge in [-0.1, -0.05) is 12.1 Å². The molecular weight excluding hydrogens is 292 g/mol. The van der Waals surface area contributed by atoms with Crippen LogP contribution in [0, 0.1) is 0 Å². The van der Waals surface area contributed by atoms with Gasteiger partial charge in [0.25, 0.3) is 9.05 Å². The van der Waals surface area contributed by atoms with Crippen LogP contribution in [0.15, 0.2) is 29.2 Å². The zero-order valence-corrected chi connectivity index (χ0v) is 11.6. The standard InChI is InChI=1S/C12H13ClO5S/c13-19(15,16)11-4-1-9(2-5-11)3-6-12(14)18-10-7-17-8-10/h1-2,4-5,10H,3,6-8H2. The minimum absolute atomic E-state index is 0.0482. The highest BCUT2D eigenvalue weighted by atomic mass is 35.7. The van der Waals surface area contributed by atoms with Crippen molar-refractivity contribution >= 4 is 25.7 Å². The molecule has 0 aromatic heterocycles. The van der Waals surface area contributed by atoms with Gasteiger partial charge in [-0.2, -0.15) is 0 Å². The van der Waals surface area contributed by atoms with Gasteiger partial charge in [0, 0.05) is 17.1 Å². The Bertz CT molecular complexity index is 548. The molecule has 0 unspecified atom stereocenters. The third kappa shape index (κ3) is 4.19. The maximum atomic E-state index is 11.5. The Balaban J connectivity index is 1.84. The van der Waals surface area contributed by atoms with E-state index >= 15 is 0 Å². The Hall–Kier alpha value is -1.11. The van der Waals surface area contributed by atoms with Crippen LogP contribution in [-0.4, -0.2) is 33.7 Å². The molecule has 1 heterocycles. The number of ether oxygens (including phenoxy) is 2. The van der Waals surface area contributed by atoms with E-state index in [0.717, 1.165) is 5.56 Å². The quantitative estimate of drug-likeness (QED) is 0.609. The summed E-state index contributed by atoms with van der Waals surface area (Å²) < 4.78 is 32.1. The lowest BCUT2D eigenvalue weighted by Gasteiger charge is -2.25. The Morgan fingerprint density at radius 2 is 1.95 bits per heavy atom. The topological polar surface area (TPSA) is 69.7 Å². The lowest BCUT2D eigenvalue weighted by molar-refractivity contribution is -0.172. The highest BCUT2D eigenvalue weighted by Gasteiger charge is 2.22. The predicted octanol–water partition coefficient (Wildman–Crippen LogP) is 1.49. The van der Waals surface area contributed by atoms with E-state index in [0.29, 0.717) is 19.6 Å². The van der Waals surface area contributed by atoms with E-state index in [1.807, 2.05) is 0 Å². The maximum absolute atomic E-state index is 11.5. The summed E-state index contributed by atoms with van der Waals surface area (Å²) in [6.07, 6.45) is 0.634. The van der Waals surface area contributed by atoms with Crippen molar-refractivity contribution in [3.05, 3.63) is 29.8 Å². The molecule has 1 aliphatic heterocycles. The van der Waals surface area contributed by atoms with E-state index in [2.05, 4.69) is 0 Å². The second kappa shape index (κ2) is 5.90. The number of aryl methyl sites for hydroxylation is 1. The van der Waals surface area contributed by atoms with Crippen LogP contribution in [0.3, 0.4) is 0 Å². The maximum Gasteiger partial charge on any atom is 0.306 e. The molecule has 2 rings (SSSR count). The molecule has 0 saturated carbocycles. The molecule has 1 aromatic rings. The monoisotopic (exact) mass is 304 g/mol. The van der Waals surface area contributed by atoms with E-state index in [4.69, 9.17) is 20.2 Å². The third-order valence-corrected chi connectivity index (χ3v) is 4.10. The number of esters is 1. The van der Waals surface area contributed by atoms with Gasteiger partial charge in [-0.05, 0) is 24.1 Å². The highest BCUT2D eigenvalue weighted by molar-refractivity contribution is 8.13. The molecular formula is C12H13ClO5S. The summed E-state index contributed by atoms with van der Waals surface area (Å²) in [5.74, 6) is -0.276. The molecule has 0 spiro atoms. The van der Waals surface area contributed by atoms with Crippen molar-refractivity contribution in [3.8, 4) is 0 Å². The molecule has 0 N–H and O–H groups in total. The van der Waals surface area contributed by atoms with Gasteiger partial charge in [0.2, 0.25) is 0 Å². The molecule has 19 heavy (non-hydrogen) atoms. The largest absolute Gasteiger partial charge is 0.457 e. The second-order valence-corrected chi connectivity index (χ2v) is 6.80. The summed E-state index contributed by atoms with van der Waals surface area (Å²) in [5.41, 5.74) is 0.853. The fourth-order valence-electron chi connectivity index (χ4n) is 1.59. The molecule has 5 nitrogen and oxygen atoms in total. The first-order valence-electron chi connectivity index (χ1n) is 5.76. The van der Waals surface area contributed by atoms with Crippen LogP contribution < -0.4 is 0 Å². The van der Waals surface area contributed by atoms with Crippen LogP contribution in [0.5, 0.6) is 0 Å². The number of hydrogen-bond acceptors (Lipinski definition) is 5. The van der Waals surface area contributed by atoms with Crippen molar-refractivity contribution in [1.29, 1.82) is 0 Å². The first kappa shape index (κ1) is 14.3. The zero-order valence-electron chi connectivity index (χ0n) is 10.0. The molecule has 7 heteroatoms. The summed E-state index contributed by atoms with van der Waals surface area (Å²) in [6.45, 7) is 0.933. The van der Waals surface area contributed by atoms with Gasteiger partial charge >= 0.3 is 5.97 Å². The highest BCUT2D eigenvalue weighted by Crippen LogP contribution is 2.16. The fourth-order valence-corrected chi connectivity index (χ4v) is 2.36. The molecule has 0 bridgehead atoms. The summed E-state index contributed by atoms with van der Waals surface area (Å²) in [5, 5.41) is 0. The van der Waals surface area contributed by atoms with E-state index in [1.165, 1.54) is 12.1 Å². The van der Waals surface area contributed by atoms with Crippen molar-refractivity contribution in [3.63, 3.8) is 0 Å². The predicted molar refractivity (Wildman–Crippen MR) is 68.5 cm³/mol. The number of hydrogen-bond donors (Lipinski definition) is 0. The van der Waals surface area contributed by atoms with Gasteiger partial charge in [-0.15, -0.1) is 0 Å². The van der Waals surface area contributed by atoms with E-state index in [9.17, 15) is 13.2 Å². The minimum Gasteiger partial charge on any atom is -0.457 e. The van der Waals surface area contributed by atoms with Crippen LogP contribution >= 0.6 is 10.7 Å². The molecule has 0 atom stereocenters. The van der Waals surface area contributed by atoms with Crippen molar-refractivity contribution in [2.75, 3.05) is 13.2 Å². The fraction of sp³-hybridized carbons (Fsp3) is 0.417. The van der Waals surface area contributed by atoms with E-state index < -0.39 is 9.05 Å².